The summed E-state index contributed by atoms with van der Waals surface area (Å²) in [5, 5.41) is 7.78. The first-order valence-electron chi connectivity index (χ1n) is 11.3. The van der Waals surface area contributed by atoms with Gasteiger partial charge >= 0.3 is 0 Å². The summed E-state index contributed by atoms with van der Waals surface area (Å²) in [6.07, 6.45) is 0. The number of aryl methyl sites for hydroxylation is 2. The molecule has 1 atom stereocenters. The van der Waals surface area contributed by atoms with Crippen molar-refractivity contribution < 1.29 is 9.59 Å². The Morgan fingerprint density at radius 3 is 2.42 bits per heavy atom. The number of carbonyl (C=O) groups is 2. The largest absolute Gasteiger partial charge is 0.350 e. The fourth-order valence-electron chi connectivity index (χ4n) is 4.35. The van der Waals surface area contributed by atoms with Crippen molar-refractivity contribution in [3.8, 4) is 0 Å². The Bertz CT molecular complexity index is 1210. The lowest BCUT2D eigenvalue weighted by molar-refractivity contribution is -0.126. The summed E-state index contributed by atoms with van der Waals surface area (Å²) in [4.78, 5) is 29.2. The Morgan fingerprint density at radius 1 is 1.09 bits per heavy atom. The number of benzene rings is 2. The number of nitrogens with one attached hydrogen (secondary N) is 1. The zero-order valence-corrected chi connectivity index (χ0v) is 20.3. The Kier molecular flexibility index (Phi) is 5.64. The molecule has 1 aliphatic heterocycles. The highest BCUT2D eigenvalue weighted by Gasteiger charge is 2.49. The van der Waals surface area contributed by atoms with Crippen molar-refractivity contribution in [3.63, 3.8) is 0 Å². The maximum atomic E-state index is 13.9. The Labute approximate surface area is 195 Å². The summed E-state index contributed by atoms with van der Waals surface area (Å²) in [6, 6.07) is 17.6. The van der Waals surface area contributed by atoms with E-state index < -0.39 is 5.54 Å². The molecule has 0 saturated carbocycles. The molecule has 2 amide bonds. The summed E-state index contributed by atoms with van der Waals surface area (Å²) < 4.78 is 1.70. The van der Waals surface area contributed by atoms with Gasteiger partial charge in [0.1, 0.15) is 11.2 Å². The number of nitrogens with zero attached hydrogens (tertiary/aromatic N) is 3. The van der Waals surface area contributed by atoms with Crippen LogP contribution in [-0.2, 0) is 23.3 Å². The van der Waals surface area contributed by atoms with Crippen molar-refractivity contribution in [2.75, 3.05) is 4.90 Å². The minimum Gasteiger partial charge on any atom is -0.350 e. The van der Waals surface area contributed by atoms with Crippen molar-refractivity contribution in [2.24, 2.45) is 0 Å². The predicted molar refractivity (Wildman–Crippen MR) is 130 cm³/mol. The maximum absolute atomic E-state index is 13.9. The van der Waals surface area contributed by atoms with Gasteiger partial charge in [0.05, 0.1) is 12.2 Å². The van der Waals surface area contributed by atoms with Crippen LogP contribution in [0.3, 0.4) is 0 Å². The average Bonchev–Trinajstić information content (AvgIpc) is 3.19. The average molecular weight is 445 g/mol. The summed E-state index contributed by atoms with van der Waals surface area (Å²) >= 11 is 0. The predicted octanol–water partition coefficient (Wildman–Crippen LogP) is 4.53. The second-order valence-corrected chi connectivity index (χ2v) is 10.2. The molecule has 2 aromatic carbocycles. The number of hydrogen-bond acceptors (Lipinski definition) is 3. The van der Waals surface area contributed by atoms with Crippen LogP contribution in [0.5, 0.6) is 0 Å². The summed E-state index contributed by atoms with van der Waals surface area (Å²) in [6.45, 7) is 12.7. The van der Waals surface area contributed by atoms with Gasteiger partial charge < -0.3 is 5.32 Å². The molecule has 2 heterocycles. The van der Waals surface area contributed by atoms with Gasteiger partial charge in [-0.25, -0.2) is 0 Å². The molecule has 0 aliphatic carbocycles. The Balaban J connectivity index is 1.78. The van der Waals surface area contributed by atoms with Gasteiger partial charge in [-0.1, -0.05) is 68.8 Å². The fourth-order valence-corrected chi connectivity index (χ4v) is 4.35. The number of anilines is 1. The molecule has 1 aliphatic rings. The van der Waals surface area contributed by atoms with E-state index >= 15 is 0 Å². The first-order chi connectivity index (χ1) is 15.5. The number of amides is 2. The van der Waals surface area contributed by atoms with Crippen LogP contribution in [-0.4, -0.2) is 27.1 Å². The lowest BCUT2D eigenvalue weighted by Gasteiger charge is -2.43. The number of fused-ring (bicyclic) bond motifs is 1. The lowest BCUT2D eigenvalue weighted by Crippen LogP contribution is -2.64. The molecule has 0 bridgehead atoms. The molecule has 0 spiro atoms. The lowest BCUT2D eigenvalue weighted by atomic mass is 9.91. The summed E-state index contributed by atoms with van der Waals surface area (Å²) in [7, 11) is 0. The fraction of sp³-hybridized carbons (Fsp3) is 0.370. The molecule has 0 fully saturated rings. The molecule has 1 N–H and O–H groups in total. The zero-order chi connectivity index (χ0) is 24.0. The molecular weight excluding hydrogens is 412 g/mol. The van der Waals surface area contributed by atoms with Crippen LogP contribution < -0.4 is 10.2 Å². The highest BCUT2D eigenvalue weighted by molar-refractivity contribution is 6.12. The van der Waals surface area contributed by atoms with Crippen LogP contribution in [0.1, 0.15) is 60.6 Å². The van der Waals surface area contributed by atoms with Crippen molar-refractivity contribution in [1.29, 1.82) is 0 Å². The van der Waals surface area contributed by atoms with Gasteiger partial charge in [-0.15, -0.1) is 0 Å². The molecule has 1 aromatic heterocycles. The Morgan fingerprint density at radius 2 is 1.79 bits per heavy atom. The van der Waals surface area contributed by atoms with Gasteiger partial charge in [0.2, 0.25) is 5.91 Å². The number of rotatable bonds is 4. The molecule has 0 saturated heterocycles. The summed E-state index contributed by atoms with van der Waals surface area (Å²) in [5.41, 5.74) is 3.80. The van der Waals surface area contributed by atoms with Crippen molar-refractivity contribution in [2.45, 2.75) is 65.6 Å². The monoisotopic (exact) mass is 444 g/mol. The first-order valence-corrected chi connectivity index (χ1v) is 11.3. The standard InChI is InChI=1S/C27H32N4O2/c1-18-12-13-21(19(2)14-18)31-24(32)22-15-23(26(3,4)5)29-30(22)17-27(31,6)25(33)28-16-20-10-8-7-9-11-20/h7-15H,16-17H2,1-6H3,(H,28,33). The smallest absolute Gasteiger partial charge is 0.277 e. The van der Waals surface area contributed by atoms with Crippen LogP contribution in [0.2, 0.25) is 0 Å². The van der Waals surface area contributed by atoms with E-state index in [4.69, 9.17) is 5.10 Å². The van der Waals surface area contributed by atoms with E-state index in [9.17, 15) is 9.59 Å². The van der Waals surface area contributed by atoms with Crippen molar-refractivity contribution in [3.05, 3.63) is 82.7 Å². The van der Waals surface area contributed by atoms with Crippen LogP contribution >= 0.6 is 0 Å². The molecule has 3 aromatic rings. The molecule has 0 radical (unpaired) electrons. The van der Waals surface area contributed by atoms with Crippen LogP contribution in [0.4, 0.5) is 5.69 Å². The highest BCUT2D eigenvalue weighted by atomic mass is 16.2. The van der Waals surface area contributed by atoms with E-state index in [1.807, 2.05) is 75.4 Å². The van der Waals surface area contributed by atoms with E-state index in [0.717, 1.165) is 28.1 Å². The number of carbonyl (C=O) groups excluding carboxylic acids is 2. The molecule has 33 heavy (non-hydrogen) atoms. The van der Waals surface area contributed by atoms with E-state index in [2.05, 4.69) is 26.1 Å². The second kappa shape index (κ2) is 8.18. The summed E-state index contributed by atoms with van der Waals surface area (Å²) in [5.74, 6) is -0.424. The maximum Gasteiger partial charge on any atom is 0.277 e. The van der Waals surface area contributed by atoms with Crippen molar-refractivity contribution >= 4 is 17.5 Å². The zero-order valence-electron chi connectivity index (χ0n) is 20.3. The third-order valence-electron chi connectivity index (χ3n) is 6.30. The SMILES string of the molecule is Cc1ccc(N2C(=O)c3cc(C(C)(C)C)nn3CC2(C)C(=O)NCc2ccccc2)c(C)c1. The van der Waals surface area contributed by atoms with Gasteiger partial charge in [-0.2, -0.15) is 5.10 Å². The molecular formula is C27H32N4O2. The van der Waals surface area contributed by atoms with E-state index in [0.29, 0.717) is 12.2 Å². The molecule has 172 valence electrons. The number of hydrogen-bond donors (Lipinski definition) is 1. The van der Waals surface area contributed by atoms with Crippen LogP contribution in [0.15, 0.2) is 54.6 Å². The minimum absolute atomic E-state index is 0.207. The van der Waals surface area contributed by atoms with Gasteiger partial charge in [-0.05, 0) is 44.0 Å². The van der Waals surface area contributed by atoms with E-state index in [-0.39, 0.29) is 23.8 Å². The second-order valence-electron chi connectivity index (χ2n) is 10.2. The first kappa shape index (κ1) is 22.8. The quantitative estimate of drug-likeness (QED) is 0.643. The van der Waals surface area contributed by atoms with E-state index in [1.165, 1.54) is 0 Å². The molecule has 1 unspecified atom stereocenters. The molecule has 6 nitrogen and oxygen atoms in total. The van der Waals surface area contributed by atoms with Crippen LogP contribution in [0.25, 0.3) is 0 Å². The van der Waals surface area contributed by atoms with Gasteiger partial charge in [0.25, 0.3) is 5.91 Å². The third kappa shape index (κ3) is 4.17. The van der Waals surface area contributed by atoms with Gasteiger partial charge in [0, 0.05) is 17.6 Å². The third-order valence-corrected chi connectivity index (χ3v) is 6.30. The van der Waals surface area contributed by atoms with E-state index in [1.54, 1.807) is 9.58 Å². The van der Waals surface area contributed by atoms with Gasteiger partial charge in [-0.3, -0.25) is 19.2 Å². The van der Waals surface area contributed by atoms with Crippen molar-refractivity contribution in [1.82, 2.24) is 15.1 Å². The van der Waals surface area contributed by atoms with Crippen LogP contribution in [0, 0.1) is 13.8 Å². The highest BCUT2D eigenvalue weighted by Crippen LogP contribution is 2.36. The van der Waals surface area contributed by atoms with Gasteiger partial charge in [0.15, 0.2) is 0 Å². The Hall–Kier alpha value is -3.41. The minimum atomic E-state index is -1.14. The molecule has 4 rings (SSSR count). The normalized spacial score (nSPS) is 18.2. The molecule has 6 heteroatoms. The topological polar surface area (TPSA) is 67.2 Å². The number of aromatic nitrogens is 2.